The molecule has 0 aromatic heterocycles. The maximum atomic E-state index is 13.7. The topological polar surface area (TPSA) is 47.1 Å². The Kier molecular flexibility index (Phi) is 7.10. The molecule has 3 aliphatic heterocycles. The molecule has 5 rings (SSSR count). The zero-order valence-corrected chi connectivity index (χ0v) is 20.9. The molecule has 4 fully saturated rings. The highest BCUT2D eigenvalue weighted by atomic mass is 19.4. The fourth-order valence-corrected chi connectivity index (χ4v) is 6.84. The second-order valence-electron chi connectivity index (χ2n) is 11.0. The van der Waals surface area contributed by atoms with Gasteiger partial charge in [-0.1, -0.05) is 31.4 Å². The SMILES string of the molecule is O=C(N1CCN(c2ccccc2C(F)(F)F)CC1)N1CCCC2(CCCN(C3CCCCC3)C2=O)C1. The second-order valence-corrected chi connectivity index (χ2v) is 11.0. The first-order valence-corrected chi connectivity index (χ1v) is 13.5. The number of piperazine rings is 1. The first-order valence-electron chi connectivity index (χ1n) is 13.5. The third kappa shape index (κ3) is 4.90. The van der Waals surface area contributed by atoms with Crippen molar-refractivity contribution < 1.29 is 22.8 Å². The highest BCUT2D eigenvalue weighted by Crippen LogP contribution is 2.42. The normalized spacial score (nSPS) is 26.6. The van der Waals surface area contributed by atoms with Gasteiger partial charge in [0.25, 0.3) is 0 Å². The number of halogens is 3. The molecule has 1 aromatic carbocycles. The number of para-hydroxylation sites is 1. The highest BCUT2D eigenvalue weighted by Gasteiger charge is 2.49. The van der Waals surface area contributed by atoms with Crippen LogP contribution in [-0.4, -0.2) is 78.5 Å². The van der Waals surface area contributed by atoms with E-state index < -0.39 is 17.2 Å². The summed E-state index contributed by atoms with van der Waals surface area (Å²) in [6.45, 7) is 3.38. The van der Waals surface area contributed by atoms with Crippen molar-refractivity contribution in [1.82, 2.24) is 14.7 Å². The fourth-order valence-electron chi connectivity index (χ4n) is 6.84. The molecule has 3 saturated heterocycles. The molecule has 198 valence electrons. The number of hydrogen-bond acceptors (Lipinski definition) is 3. The summed E-state index contributed by atoms with van der Waals surface area (Å²) in [7, 11) is 0. The second kappa shape index (κ2) is 10.1. The van der Waals surface area contributed by atoms with Gasteiger partial charge in [-0.15, -0.1) is 0 Å². The third-order valence-corrected chi connectivity index (χ3v) is 8.73. The van der Waals surface area contributed by atoms with Crippen molar-refractivity contribution in [2.75, 3.05) is 50.7 Å². The molecule has 1 aliphatic carbocycles. The largest absolute Gasteiger partial charge is 0.418 e. The van der Waals surface area contributed by atoms with Gasteiger partial charge in [-0.2, -0.15) is 13.2 Å². The van der Waals surface area contributed by atoms with Gasteiger partial charge in [0.1, 0.15) is 0 Å². The van der Waals surface area contributed by atoms with Crippen LogP contribution in [0.1, 0.15) is 63.4 Å². The minimum Gasteiger partial charge on any atom is -0.367 e. The number of likely N-dealkylation sites (tertiary alicyclic amines) is 2. The molecular formula is C27H37F3N4O2. The summed E-state index contributed by atoms with van der Waals surface area (Å²) < 4.78 is 40.4. The van der Waals surface area contributed by atoms with Gasteiger partial charge >= 0.3 is 12.2 Å². The molecule has 9 heteroatoms. The van der Waals surface area contributed by atoms with Crippen molar-refractivity contribution in [2.45, 2.75) is 70.0 Å². The van der Waals surface area contributed by atoms with Gasteiger partial charge in [-0.25, -0.2) is 4.79 Å². The lowest BCUT2D eigenvalue weighted by Crippen LogP contribution is -2.61. The van der Waals surface area contributed by atoms with Crippen LogP contribution in [0, 0.1) is 5.41 Å². The van der Waals surface area contributed by atoms with Gasteiger partial charge in [0.05, 0.1) is 11.0 Å². The Balaban J connectivity index is 1.22. The van der Waals surface area contributed by atoms with E-state index >= 15 is 0 Å². The summed E-state index contributed by atoms with van der Waals surface area (Å²) in [4.78, 5) is 34.6. The van der Waals surface area contributed by atoms with Crippen LogP contribution in [0.25, 0.3) is 0 Å². The lowest BCUT2D eigenvalue weighted by atomic mass is 9.72. The Morgan fingerprint density at radius 3 is 2.19 bits per heavy atom. The van der Waals surface area contributed by atoms with E-state index in [0.29, 0.717) is 45.3 Å². The molecule has 0 radical (unpaired) electrons. The van der Waals surface area contributed by atoms with Crippen LogP contribution < -0.4 is 4.90 Å². The maximum absolute atomic E-state index is 13.7. The standard InChI is InChI=1S/C27H37F3N4O2/c28-27(29,30)22-10-4-5-11-23(22)31-16-18-32(19-17-31)25(36)33-14-6-12-26(20-33)13-7-15-34(24(26)35)21-8-2-1-3-9-21/h4-5,10-11,21H,1-3,6-9,12-20H2. The summed E-state index contributed by atoms with van der Waals surface area (Å²) in [5.41, 5.74) is -0.942. The van der Waals surface area contributed by atoms with Crippen molar-refractivity contribution in [2.24, 2.45) is 5.41 Å². The van der Waals surface area contributed by atoms with E-state index in [0.717, 1.165) is 51.1 Å². The number of alkyl halides is 3. The molecule has 1 unspecified atom stereocenters. The van der Waals surface area contributed by atoms with Gasteiger partial charge in [-0.05, 0) is 50.7 Å². The lowest BCUT2D eigenvalue weighted by molar-refractivity contribution is -0.153. The Hall–Kier alpha value is -2.45. The average Bonchev–Trinajstić information content (AvgIpc) is 2.90. The number of carbonyl (C=O) groups excluding carboxylic acids is 2. The molecule has 3 amide bonds. The quantitative estimate of drug-likeness (QED) is 0.568. The van der Waals surface area contributed by atoms with E-state index in [2.05, 4.69) is 4.90 Å². The van der Waals surface area contributed by atoms with Gasteiger partial charge in [0, 0.05) is 57.5 Å². The molecular weight excluding hydrogens is 469 g/mol. The number of carbonyl (C=O) groups is 2. The summed E-state index contributed by atoms with van der Waals surface area (Å²) in [5.74, 6) is 0.242. The van der Waals surface area contributed by atoms with Crippen molar-refractivity contribution in [1.29, 1.82) is 0 Å². The number of amides is 3. The molecule has 3 heterocycles. The molecule has 1 atom stereocenters. The predicted molar refractivity (Wildman–Crippen MR) is 132 cm³/mol. The number of urea groups is 1. The minimum atomic E-state index is -4.41. The Bertz CT molecular complexity index is 953. The molecule has 36 heavy (non-hydrogen) atoms. The third-order valence-electron chi connectivity index (χ3n) is 8.73. The van der Waals surface area contributed by atoms with Crippen LogP contribution in [0.15, 0.2) is 24.3 Å². The van der Waals surface area contributed by atoms with Crippen molar-refractivity contribution in [3.8, 4) is 0 Å². The Morgan fingerprint density at radius 2 is 1.50 bits per heavy atom. The highest BCUT2D eigenvalue weighted by molar-refractivity contribution is 5.85. The number of rotatable bonds is 2. The van der Waals surface area contributed by atoms with E-state index in [9.17, 15) is 22.8 Å². The van der Waals surface area contributed by atoms with E-state index in [1.807, 2.05) is 4.90 Å². The molecule has 6 nitrogen and oxygen atoms in total. The summed E-state index contributed by atoms with van der Waals surface area (Å²) in [6, 6.07) is 5.90. The Morgan fingerprint density at radius 1 is 0.833 bits per heavy atom. The summed E-state index contributed by atoms with van der Waals surface area (Å²) >= 11 is 0. The minimum absolute atomic E-state index is 0.0829. The van der Waals surface area contributed by atoms with Crippen LogP contribution in [0.2, 0.25) is 0 Å². The van der Waals surface area contributed by atoms with E-state index in [1.54, 1.807) is 15.9 Å². The predicted octanol–water partition coefficient (Wildman–Crippen LogP) is 4.98. The fraction of sp³-hybridized carbons (Fsp3) is 0.704. The van der Waals surface area contributed by atoms with E-state index in [-0.39, 0.29) is 17.6 Å². The summed E-state index contributed by atoms with van der Waals surface area (Å²) in [6.07, 6.45) is 4.86. The first kappa shape index (κ1) is 25.2. The number of benzene rings is 1. The molecule has 0 N–H and O–H groups in total. The molecule has 0 bridgehead atoms. The number of piperidine rings is 2. The average molecular weight is 507 g/mol. The molecule has 4 aliphatic rings. The van der Waals surface area contributed by atoms with Crippen LogP contribution in [0.5, 0.6) is 0 Å². The Labute approximate surface area is 211 Å². The van der Waals surface area contributed by atoms with Gasteiger partial charge in [-0.3, -0.25) is 4.79 Å². The van der Waals surface area contributed by atoms with Crippen molar-refractivity contribution >= 4 is 17.6 Å². The monoisotopic (exact) mass is 506 g/mol. The van der Waals surface area contributed by atoms with Crippen LogP contribution in [0.4, 0.5) is 23.7 Å². The number of hydrogen-bond donors (Lipinski definition) is 0. The van der Waals surface area contributed by atoms with Gasteiger partial charge in [0.15, 0.2) is 0 Å². The number of nitrogens with zero attached hydrogens (tertiary/aromatic N) is 4. The first-order chi connectivity index (χ1) is 17.3. The van der Waals surface area contributed by atoms with Crippen molar-refractivity contribution in [3.05, 3.63) is 29.8 Å². The van der Waals surface area contributed by atoms with Crippen molar-refractivity contribution in [3.63, 3.8) is 0 Å². The summed E-state index contributed by atoms with van der Waals surface area (Å²) in [5, 5.41) is 0. The molecule has 1 aromatic rings. The number of anilines is 1. The lowest BCUT2D eigenvalue weighted by Gasteiger charge is -2.50. The zero-order chi connectivity index (χ0) is 25.3. The molecule has 1 spiro atoms. The zero-order valence-electron chi connectivity index (χ0n) is 20.9. The van der Waals surface area contributed by atoms with Gasteiger partial charge < -0.3 is 19.6 Å². The van der Waals surface area contributed by atoms with E-state index in [4.69, 9.17) is 0 Å². The van der Waals surface area contributed by atoms with Gasteiger partial charge in [0.2, 0.25) is 5.91 Å². The van der Waals surface area contributed by atoms with Crippen LogP contribution >= 0.6 is 0 Å². The smallest absolute Gasteiger partial charge is 0.367 e. The molecule has 1 saturated carbocycles. The van der Waals surface area contributed by atoms with E-state index in [1.165, 1.54) is 31.4 Å². The maximum Gasteiger partial charge on any atom is 0.418 e. The van der Waals surface area contributed by atoms with Crippen LogP contribution in [-0.2, 0) is 11.0 Å². The van der Waals surface area contributed by atoms with Crippen LogP contribution in [0.3, 0.4) is 0 Å².